The van der Waals surface area contributed by atoms with E-state index in [4.69, 9.17) is 5.11 Å². The van der Waals surface area contributed by atoms with E-state index in [9.17, 15) is 31.1 Å². The topological polar surface area (TPSA) is 59.4 Å². The summed E-state index contributed by atoms with van der Waals surface area (Å²) in [5, 5.41) is 8.36. The molecule has 1 N–H and O–H groups in total. The molecule has 0 amide bonds. The van der Waals surface area contributed by atoms with Gasteiger partial charge in [-0.3, -0.25) is 0 Å². The first-order valence-corrected chi connectivity index (χ1v) is 5.74. The van der Waals surface area contributed by atoms with Crippen molar-refractivity contribution in [1.29, 1.82) is 0 Å². The molecule has 1 heterocycles. The number of aromatic nitrogens is 1. The predicted molar refractivity (Wildman–Crippen MR) is 55.5 cm³/mol. The summed E-state index contributed by atoms with van der Waals surface area (Å²) in [5.74, 6) is -3.70. The molecule has 0 saturated carbocycles. The SMILES string of the molecule is O=C(O)c1c(OC(F)(F)F)cc(CBr)nc1C(F)(F)F. The Morgan fingerprint density at radius 1 is 1.30 bits per heavy atom. The van der Waals surface area contributed by atoms with Gasteiger partial charge in [-0.25, -0.2) is 9.78 Å². The summed E-state index contributed by atoms with van der Waals surface area (Å²) in [6.45, 7) is 0. The fourth-order valence-corrected chi connectivity index (χ4v) is 1.54. The van der Waals surface area contributed by atoms with Crippen molar-refractivity contribution >= 4 is 21.9 Å². The summed E-state index contributed by atoms with van der Waals surface area (Å²) in [4.78, 5) is 13.7. The lowest BCUT2D eigenvalue weighted by molar-refractivity contribution is -0.275. The van der Waals surface area contributed by atoms with Gasteiger partial charge in [0, 0.05) is 11.4 Å². The van der Waals surface area contributed by atoms with Gasteiger partial charge >= 0.3 is 18.5 Å². The van der Waals surface area contributed by atoms with E-state index < -0.39 is 41.2 Å². The molecule has 0 bridgehead atoms. The maximum Gasteiger partial charge on any atom is 0.573 e. The van der Waals surface area contributed by atoms with Gasteiger partial charge in [-0.05, 0) is 0 Å². The largest absolute Gasteiger partial charge is 0.573 e. The third-order valence-corrected chi connectivity index (χ3v) is 2.46. The van der Waals surface area contributed by atoms with Crippen LogP contribution in [0.5, 0.6) is 5.75 Å². The van der Waals surface area contributed by atoms with E-state index in [1.807, 2.05) is 0 Å². The third-order valence-electron chi connectivity index (χ3n) is 1.88. The number of halogens is 7. The Balaban J connectivity index is 3.59. The molecule has 0 aliphatic heterocycles. The van der Waals surface area contributed by atoms with Crippen LogP contribution in [-0.2, 0) is 11.5 Å². The Labute approximate surface area is 115 Å². The average Bonchev–Trinajstić information content (AvgIpc) is 2.23. The van der Waals surface area contributed by atoms with Gasteiger partial charge in [0.2, 0.25) is 0 Å². The maximum absolute atomic E-state index is 12.7. The highest BCUT2D eigenvalue weighted by atomic mass is 79.9. The monoisotopic (exact) mass is 367 g/mol. The predicted octanol–water partition coefficient (Wildman–Crippen LogP) is 3.59. The van der Waals surface area contributed by atoms with E-state index in [1.54, 1.807) is 0 Å². The highest BCUT2D eigenvalue weighted by Crippen LogP contribution is 2.37. The number of aromatic carboxylic acids is 1. The summed E-state index contributed by atoms with van der Waals surface area (Å²) in [6.07, 6.45) is -10.6. The quantitative estimate of drug-likeness (QED) is 0.655. The van der Waals surface area contributed by atoms with Crippen molar-refractivity contribution in [2.24, 2.45) is 0 Å². The van der Waals surface area contributed by atoms with Crippen LogP contribution in [0.4, 0.5) is 26.3 Å². The lowest BCUT2D eigenvalue weighted by Crippen LogP contribution is -2.23. The smallest absolute Gasteiger partial charge is 0.477 e. The molecule has 0 fully saturated rings. The van der Waals surface area contributed by atoms with Crippen LogP contribution in [0, 0.1) is 0 Å². The minimum Gasteiger partial charge on any atom is -0.477 e. The number of pyridine rings is 1. The van der Waals surface area contributed by atoms with Crippen LogP contribution in [0.3, 0.4) is 0 Å². The number of rotatable bonds is 3. The summed E-state index contributed by atoms with van der Waals surface area (Å²) >= 11 is 2.72. The molecule has 1 rings (SSSR count). The molecule has 0 aliphatic rings. The van der Waals surface area contributed by atoms with Crippen molar-refractivity contribution < 1.29 is 41.0 Å². The zero-order valence-electron chi connectivity index (χ0n) is 9.14. The molecule has 0 atom stereocenters. The van der Waals surface area contributed by atoms with Crippen LogP contribution in [0.1, 0.15) is 21.7 Å². The molecule has 1 aromatic rings. The second-order valence-electron chi connectivity index (χ2n) is 3.32. The van der Waals surface area contributed by atoms with E-state index in [0.29, 0.717) is 6.07 Å². The van der Waals surface area contributed by atoms with Crippen LogP contribution < -0.4 is 4.74 Å². The molecule has 1 aromatic heterocycles. The number of alkyl halides is 7. The number of nitrogens with zero attached hydrogens (tertiary/aromatic N) is 1. The molecule has 0 spiro atoms. The Morgan fingerprint density at radius 2 is 1.85 bits per heavy atom. The van der Waals surface area contributed by atoms with Gasteiger partial charge in [-0.2, -0.15) is 13.2 Å². The van der Waals surface area contributed by atoms with Gasteiger partial charge in [0.15, 0.2) is 5.69 Å². The molecule has 4 nitrogen and oxygen atoms in total. The van der Waals surface area contributed by atoms with Crippen molar-refractivity contribution in [3.8, 4) is 5.75 Å². The number of carboxylic acids is 1. The van der Waals surface area contributed by atoms with Crippen LogP contribution >= 0.6 is 15.9 Å². The molecule has 0 aromatic carbocycles. The first kappa shape index (κ1) is 16.5. The first-order chi connectivity index (χ1) is 8.95. The molecule has 11 heteroatoms. The number of hydrogen-bond acceptors (Lipinski definition) is 3. The van der Waals surface area contributed by atoms with Gasteiger partial charge in [-0.1, -0.05) is 15.9 Å². The summed E-state index contributed by atoms with van der Waals surface area (Å²) < 4.78 is 77.7. The summed E-state index contributed by atoms with van der Waals surface area (Å²) in [5.41, 5.74) is -4.11. The van der Waals surface area contributed by atoms with Crippen LogP contribution in [-0.4, -0.2) is 22.4 Å². The Kier molecular flexibility index (Phi) is 4.52. The molecule has 0 saturated heterocycles. The number of carbonyl (C=O) groups is 1. The van der Waals surface area contributed by atoms with E-state index in [2.05, 4.69) is 25.7 Å². The van der Waals surface area contributed by atoms with E-state index in [-0.39, 0.29) is 5.33 Å². The molecule has 0 radical (unpaired) electrons. The molecular weight excluding hydrogens is 364 g/mol. The lowest BCUT2D eigenvalue weighted by atomic mass is 10.1. The van der Waals surface area contributed by atoms with Crippen molar-refractivity contribution in [2.45, 2.75) is 17.9 Å². The second kappa shape index (κ2) is 5.46. The summed E-state index contributed by atoms with van der Waals surface area (Å²) in [6, 6.07) is 0.473. The lowest BCUT2D eigenvalue weighted by Gasteiger charge is -2.16. The Morgan fingerprint density at radius 3 is 2.20 bits per heavy atom. The summed E-state index contributed by atoms with van der Waals surface area (Å²) in [7, 11) is 0. The minimum atomic E-state index is -5.34. The Bertz CT molecular complexity index is 528. The standard InChI is InChI=1S/C9H4BrF6NO3/c10-2-3-1-4(20-9(14,15)16)5(7(18)19)6(17-3)8(11,12)13/h1H,2H2,(H,18,19). The highest BCUT2D eigenvalue weighted by Gasteiger charge is 2.42. The van der Waals surface area contributed by atoms with Crippen molar-refractivity contribution in [1.82, 2.24) is 4.98 Å². The number of ether oxygens (including phenoxy) is 1. The van der Waals surface area contributed by atoms with Gasteiger partial charge < -0.3 is 9.84 Å². The average molecular weight is 368 g/mol. The van der Waals surface area contributed by atoms with Crippen molar-refractivity contribution in [3.05, 3.63) is 23.0 Å². The second-order valence-corrected chi connectivity index (χ2v) is 3.88. The van der Waals surface area contributed by atoms with Crippen LogP contribution in [0.15, 0.2) is 6.07 Å². The zero-order valence-corrected chi connectivity index (χ0v) is 10.7. The molecular formula is C9H4BrF6NO3. The number of hydrogen-bond donors (Lipinski definition) is 1. The fourth-order valence-electron chi connectivity index (χ4n) is 1.26. The zero-order chi connectivity index (χ0) is 15.7. The Hall–Kier alpha value is -1.52. The van der Waals surface area contributed by atoms with Gasteiger partial charge in [0.1, 0.15) is 11.3 Å². The van der Waals surface area contributed by atoms with E-state index in [0.717, 1.165) is 0 Å². The van der Waals surface area contributed by atoms with Crippen LogP contribution in [0.25, 0.3) is 0 Å². The minimum absolute atomic E-state index is 0.315. The number of carboxylic acid groups (broad SMARTS) is 1. The maximum atomic E-state index is 12.7. The van der Waals surface area contributed by atoms with Gasteiger partial charge in [0.25, 0.3) is 0 Å². The van der Waals surface area contributed by atoms with Gasteiger partial charge in [-0.15, -0.1) is 13.2 Å². The molecule has 20 heavy (non-hydrogen) atoms. The normalized spacial score (nSPS) is 12.3. The fraction of sp³-hybridized carbons (Fsp3) is 0.333. The third kappa shape index (κ3) is 3.99. The van der Waals surface area contributed by atoms with E-state index >= 15 is 0 Å². The molecule has 112 valence electrons. The van der Waals surface area contributed by atoms with Crippen molar-refractivity contribution in [3.63, 3.8) is 0 Å². The van der Waals surface area contributed by atoms with E-state index in [1.165, 1.54) is 0 Å². The molecule has 0 aliphatic carbocycles. The first-order valence-electron chi connectivity index (χ1n) is 4.62. The molecule has 0 unspecified atom stereocenters. The van der Waals surface area contributed by atoms with Crippen molar-refractivity contribution in [2.75, 3.05) is 0 Å². The van der Waals surface area contributed by atoms with Gasteiger partial charge in [0.05, 0.1) is 5.69 Å². The van der Waals surface area contributed by atoms with Crippen LogP contribution in [0.2, 0.25) is 0 Å². The highest BCUT2D eigenvalue weighted by molar-refractivity contribution is 9.08.